The highest BCUT2D eigenvalue weighted by Gasteiger charge is 2.09. The fourth-order valence-electron chi connectivity index (χ4n) is 1.66. The van der Waals surface area contributed by atoms with Gasteiger partial charge in [0.2, 0.25) is 0 Å². The number of aromatic nitrogens is 2. The zero-order valence-electron chi connectivity index (χ0n) is 10.8. The molecule has 6 heteroatoms. The van der Waals surface area contributed by atoms with Gasteiger partial charge in [-0.05, 0) is 17.7 Å². The minimum absolute atomic E-state index is 0.00599. The first-order chi connectivity index (χ1) is 10.2. The van der Waals surface area contributed by atoms with E-state index in [2.05, 4.69) is 30.2 Å². The van der Waals surface area contributed by atoms with Gasteiger partial charge in [0.15, 0.2) is 18.5 Å². The average molecular weight is 310 g/mol. The van der Waals surface area contributed by atoms with Crippen LogP contribution in [0.15, 0.2) is 49.1 Å². The van der Waals surface area contributed by atoms with Crippen LogP contribution in [0.2, 0.25) is 0 Å². The number of pyridine rings is 2. The summed E-state index contributed by atoms with van der Waals surface area (Å²) in [6, 6.07) is 9.07. The highest BCUT2D eigenvalue weighted by molar-refractivity contribution is 7.96. The number of allylic oxidation sites excluding steroid dienone is 1. The first kappa shape index (κ1) is 15.1. The maximum Gasteiger partial charge on any atom is 0.309 e. The number of nitriles is 1. The molecule has 0 fully saturated rings. The van der Waals surface area contributed by atoms with Crippen LogP contribution in [-0.4, -0.2) is 10.9 Å². The first-order valence-corrected chi connectivity index (χ1v) is 6.78. The Morgan fingerprint density at radius 1 is 1.05 bits per heavy atom. The molecule has 0 bridgehead atoms. The fraction of sp³-hybridized carbons (Fsp3) is 0. The van der Waals surface area contributed by atoms with Gasteiger partial charge < -0.3 is 5.41 Å². The zero-order valence-corrected chi connectivity index (χ0v) is 12.6. The van der Waals surface area contributed by atoms with Gasteiger partial charge in [0.1, 0.15) is 0 Å². The lowest BCUT2D eigenvalue weighted by molar-refractivity contribution is -0.576. The molecule has 4 nitrogen and oxygen atoms in total. The summed E-state index contributed by atoms with van der Waals surface area (Å²) in [5, 5.41) is 17.6. The molecule has 0 saturated heterocycles. The Morgan fingerprint density at radius 3 is 2.05 bits per heavy atom. The molecule has 0 aliphatic rings. The van der Waals surface area contributed by atoms with Gasteiger partial charge >= 0.3 is 5.70 Å². The number of rotatable bonds is 3. The van der Waals surface area contributed by atoms with E-state index in [4.69, 9.17) is 10.7 Å². The van der Waals surface area contributed by atoms with Crippen molar-refractivity contribution in [3.8, 4) is 6.07 Å². The number of hydrogen-bond donors (Lipinski definition) is 2. The van der Waals surface area contributed by atoms with Crippen LogP contribution >= 0.6 is 25.3 Å². The smallest absolute Gasteiger partial charge is 0.309 e. The summed E-state index contributed by atoms with van der Waals surface area (Å²) in [4.78, 5) is 5.39. The molecule has 0 aliphatic heterocycles. The standard InChI is InChI=1S/C15H9N4S2/c16-9-13(10-17)19-7-3-12(4-8-19)15(21)14(20)11-1-5-18-6-2-11/h1-8,21H/q-1/p+1. The van der Waals surface area contributed by atoms with Crippen LogP contribution in [0.4, 0.5) is 0 Å². The van der Waals surface area contributed by atoms with Crippen LogP contribution in [0.25, 0.3) is 20.9 Å². The molecule has 21 heavy (non-hydrogen) atoms. The summed E-state index contributed by atoms with van der Waals surface area (Å²) in [5.74, 6) is 1.83. The van der Waals surface area contributed by atoms with Gasteiger partial charge in [-0.3, -0.25) is 4.98 Å². The fourth-order valence-corrected chi connectivity index (χ4v) is 2.21. The van der Waals surface area contributed by atoms with Crippen LogP contribution in [0.1, 0.15) is 11.1 Å². The largest absolute Gasteiger partial charge is 0.757 e. The lowest BCUT2D eigenvalue weighted by Crippen LogP contribution is -2.30. The van der Waals surface area contributed by atoms with Crippen molar-refractivity contribution in [2.24, 2.45) is 0 Å². The predicted molar refractivity (Wildman–Crippen MR) is 89.3 cm³/mol. The van der Waals surface area contributed by atoms with Crippen molar-refractivity contribution < 1.29 is 4.57 Å². The van der Waals surface area contributed by atoms with Gasteiger partial charge in [0.25, 0.3) is 0 Å². The lowest BCUT2D eigenvalue weighted by Gasteiger charge is -2.06. The van der Waals surface area contributed by atoms with E-state index in [1.54, 1.807) is 36.9 Å². The van der Waals surface area contributed by atoms with Crippen molar-refractivity contribution in [1.82, 2.24) is 4.98 Å². The highest BCUT2D eigenvalue weighted by atomic mass is 32.1. The molecule has 2 rings (SSSR count). The molecule has 2 aromatic rings. The molecule has 0 aliphatic carbocycles. The topological polar surface area (TPSA) is 62.9 Å². The Balaban J connectivity index is 2.39. The van der Waals surface area contributed by atoms with Crippen LogP contribution < -0.4 is 4.57 Å². The summed E-state index contributed by atoms with van der Waals surface area (Å²) >= 11 is 8.98. The molecule has 102 valence electrons. The van der Waals surface area contributed by atoms with Crippen LogP contribution in [0.5, 0.6) is 0 Å². The summed E-state index contributed by atoms with van der Waals surface area (Å²) in [5.41, 5.74) is 1.76. The van der Waals surface area contributed by atoms with E-state index >= 15 is 0 Å². The average Bonchev–Trinajstić information content (AvgIpc) is 2.56. The third kappa shape index (κ3) is 3.41. The van der Waals surface area contributed by atoms with E-state index in [9.17, 15) is 0 Å². The quantitative estimate of drug-likeness (QED) is 0.396. The molecule has 2 heterocycles. The normalized spacial score (nSPS) is 11.1. The molecule has 2 aromatic heterocycles. The summed E-state index contributed by atoms with van der Waals surface area (Å²) in [6.07, 6.45) is 6.65. The number of nitrogens with zero attached hydrogens (tertiary/aromatic N) is 4. The van der Waals surface area contributed by atoms with E-state index in [1.807, 2.05) is 24.1 Å². The molecule has 0 spiro atoms. The first-order valence-electron chi connectivity index (χ1n) is 5.89. The molecule has 0 N–H and O–H groups in total. The van der Waals surface area contributed by atoms with E-state index < -0.39 is 0 Å². The van der Waals surface area contributed by atoms with Gasteiger partial charge in [-0.15, -0.1) is 25.3 Å². The van der Waals surface area contributed by atoms with Crippen molar-refractivity contribution in [1.29, 1.82) is 5.26 Å². The molecular formula is C15H10N4S2. The number of thiol groups is 2. The second-order valence-electron chi connectivity index (χ2n) is 4.00. The van der Waals surface area contributed by atoms with E-state index in [1.165, 1.54) is 4.57 Å². The Morgan fingerprint density at radius 2 is 1.57 bits per heavy atom. The minimum Gasteiger partial charge on any atom is -0.757 e. The van der Waals surface area contributed by atoms with Crippen LogP contribution in [0.3, 0.4) is 0 Å². The number of hydrogen-bond acceptors (Lipinski definition) is 4. The van der Waals surface area contributed by atoms with E-state index in [0.717, 1.165) is 16.0 Å². The summed E-state index contributed by atoms with van der Waals surface area (Å²) < 4.78 is 1.45. The van der Waals surface area contributed by atoms with E-state index in [0.29, 0.717) is 4.91 Å². The maximum atomic E-state index is 8.82. The third-order valence-corrected chi connectivity index (χ3v) is 3.89. The SMILES string of the molecule is N#CC(=C=[N-])[n+]1ccc(/C(S)=C(\S)c2ccncc2)cc1. The van der Waals surface area contributed by atoms with Crippen molar-refractivity contribution >= 4 is 46.6 Å². The van der Waals surface area contributed by atoms with Gasteiger partial charge in [0, 0.05) is 39.9 Å². The molecule has 0 aromatic carbocycles. The molecule has 0 amide bonds. The Kier molecular flexibility index (Phi) is 4.96. The van der Waals surface area contributed by atoms with Gasteiger partial charge in [-0.2, -0.15) is 15.7 Å². The predicted octanol–water partition coefficient (Wildman–Crippen LogP) is 2.66. The lowest BCUT2D eigenvalue weighted by atomic mass is 10.2. The summed E-state index contributed by atoms with van der Waals surface area (Å²) in [6.45, 7) is 0. The van der Waals surface area contributed by atoms with Crippen molar-refractivity contribution in [2.75, 3.05) is 0 Å². The van der Waals surface area contributed by atoms with Crippen molar-refractivity contribution in [3.05, 3.63) is 65.6 Å². The second-order valence-corrected chi connectivity index (χ2v) is 4.89. The monoisotopic (exact) mass is 310 g/mol. The molecule has 0 atom stereocenters. The molecular weight excluding hydrogens is 300 g/mol. The van der Waals surface area contributed by atoms with Crippen LogP contribution in [-0.2, 0) is 0 Å². The molecule has 0 unspecified atom stereocenters. The Hall–Kier alpha value is -2.32. The van der Waals surface area contributed by atoms with Crippen LogP contribution in [0, 0.1) is 11.3 Å². The molecule has 0 saturated carbocycles. The van der Waals surface area contributed by atoms with Crippen molar-refractivity contribution in [3.63, 3.8) is 0 Å². The second kappa shape index (κ2) is 6.91. The summed E-state index contributed by atoms with van der Waals surface area (Å²) in [7, 11) is 0. The highest BCUT2D eigenvalue weighted by Crippen LogP contribution is 2.31. The van der Waals surface area contributed by atoms with E-state index in [-0.39, 0.29) is 5.70 Å². The minimum atomic E-state index is 0.00599. The molecule has 0 radical (unpaired) electrons. The maximum absolute atomic E-state index is 8.82. The van der Waals surface area contributed by atoms with Gasteiger partial charge in [-0.25, -0.2) is 0 Å². The van der Waals surface area contributed by atoms with Crippen molar-refractivity contribution in [2.45, 2.75) is 0 Å². The third-order valence-electron chi connectivity index (χ3n) is 2.75. The Labute approximate surface area is 133 Å². The Bertz CT molecular complexity index is 768. The zero-order chi connectivity index (χ0) is 15.2. The van der Waals surface area contributed by atoms with Gasteiger partial charge in [0.05, 0.1) is 0 Å². The van der Waals surface area contributed by atoms with Gasteiger partial charge in [-0.1, -0.05) is 0 Å².